The number of benzene rings is 2. The number of hydrogen-bond donors (Lipinski definition) is 1. The number of fused-ring (bicyclic) bond motifs is 1. The number of ether oxygens (including phenoxy) is 1. The molecule has 0 unspecified atom stereocenters. The summed E-state index contributed by atoms with van der Waals surface area (Å²) in [6.07, 6.45) is 4.23. The molecule has 2 heterocycles. The number of nitrogens with one attached hydrogen (secondary N) is 1. The van der Waals surface area contributed by atoms with Gasteiger partial charge in [-0.05, 0) is 87.8 Å². The molecule has 35 heavy (non-hydrogen) atoms. The van der Waals surface area contributed by atoms with Crippen molar-refractivity contribution in [3.63, 3.8) is 0 Å². The third-order valence-corrected chi connectivity index (χ3v) is 6.76. The average Bonchev–Trinajstić information content (AvgIpc) is 3.23. The van der Waals surface area contributed by atoms with Crippen molar-refractivity contribution in [2.24, 2.45) is 0 Å². The molecule has 2 aromatic rings. The van der Waals surface area contributed by atoms with Crippen LogP contribution in [0.2, 0.25) is 0 Å². The maximum atomic E-state index is 13.4. The number of carbonyl (C=O) groups excluding carboxylic acids is 3. The molecule has 0 radical (unpaired) electrons. The van der Waals surface area contributed by atoms with Crippen LogP contribution in [0, 0.1) is 6.92 Å². The first-order valence-electron chi connectivity index (χ1n) is 12.6. The molecule has 0 aliphatic carbocycles. The maximum absolute atomic E-state index is 13.4. The van der Waals surface area contributed by atoms with Gasteiger partial charge in [0.15, 0.2) is 0 Å². The van der Waals surface area contributed by atoms with Crippen molar-refractivity contribution >= 4 is 23.6 Å². The van der Waals surface area contributed by atoms with E-state index in [4.69, 9.17) is 4.74 Å². The number of carbonyl (C=O) groups is 3. The zero-order valence-corrected chi connectivity index (χ0v) is 20.9. The summed E-state index contributed by atoms with van der Waals surface area (Å²) in [6, 6.07) is 13.0. The predicted octanol–water partition coefficient (Wildman–Crippen LogP) is 4.60. The highest BCUT2D eigenvalue weighted by Gasteiger charge is 2.35. The van der Waals surface area contributed by atoms with Crippen LogP contribution < -0.4 is 10.2 Å². The number of rotatable bonds is 5. The molecule has 2 aliphatic heterocycles. The lowest BCUT2D eigenvalue weighted by Gasteiger charge is -2.25. The Hall–Kier alpha value is -3.35. The van der Waals surface area contributed by atoms with Crippen LogP contribution in [0.25, 0.3) is 0 Å². The van der Waals surface area contributed by atoms with Crippen molar-refractivity contribution in [2.75, 3.05) is 18.0 Å². The summed E-state index contributed by atoms with van der Waals surface area (Å²) in [4.78, 5) is 42.0. The van der Waals surface area contributed by atoms with Gasteiger partial charge in [-0.1, -0.05) is 24.3 Å². The van der Waals surface area contributed by atoms with Gasteiger partial charge in [-0.25, -0.2) is 9.59 Å². The Morgan fingerprint density at radius 1 is 1.06 bits per heavy atom. The first-order chi connectivity index (χ1) is 16.8. The quantitative estimate of drug-likeness (QED) is 0.638. The second-order valence-corrected chi connectivity index (χ2v) is 9.68. The van der Waals surface area contributed by atoms with Gasteiger partial charge in [0.05, 0.1) is 6.10 Å². The minimum Gasteiger partial charge on any atom is -0.461 e. The van der Waals surface area contributed by atoms with E-state index in [1.807, 2.05) is 48.2 Å². The number of nitrogens with zero attached hydrogens (tertiary/aromatic N) is 2. The van der Waals surface area contributed by atoms with Gasteiger partial charge in [0, 0.05) is 30.9 Å². The van der Waals surface area contributed by atoms with Gasteiger partial charge in [0.1, 0.15) is 6.04 Å². The summed E-state index contributed by atoms with van der Waals surface area (Å²) in [7, 11) is 0. The van der Waals surface area contributed by atoms with Crippen LogP contribution in [0.1, 0.15) is 66.6 Å². The van der Waals surface area contributed by atoms with Crippen molar-refractivity contribution in [2.45, 2.75) is 71.6 Å². The van der Waals surface area contributed by atoms with E-state index < -0.39 is 6.04 Å². The first-order valence-corrected chi connectivity index (χ1v) is 12.6. The fraction of sp³-hybridized carbons (Fsp3) is 0.464. The lowest BCUT2D eigenvalue weighted by Crippen LogP contribution is -2.46. The van der Waals surface area contributed by atoms with Crippen molar-refractivity contribution in [3.05, 3.63) is 64.7 Å². The Labute approximate surface area is 207 Å². The molecule has 0 spiro atoms. The Balaban J connectivity index is 1.41. The van der Waals surface area contributed by atoms with Gasteiger partial charge < -0.3 is 19.9 Å². The number of amides is 3. The fourth-order valence-corrected chi connectivity index (χ4v) is 4.92. The number of esters is 1. The highest BCUT2D eigenvalue weighted by Crippen LogP contribution is 2.28. The van der Waals surface area contributed by atoms with Gasteiger partial charge in [-0.2, -0.15) is 0 Å². The Kier molecular flexibility index (Phi) is 7.73. The molecule has 3 amide bonds. The molecule has 1 N–H and O–H groups in total. The second kappa shape index (κ2) is 10.9. The summed E-state index contributed by atoms with van der Waals surface area (Å²) >= 11 is 0. The number of para-hydroxylation sites is 1. The molecule has 0 saturated carbocycles. The summed E-state index contributed by atoms with van der Waals surface area (Å²) in [6.45, 7) is 7.14. The van der Waals surface area contributed by atoms with Gasteiger partial charge in [0.2, 0.25) is 0 Å². The summed E-state index contributed by atoms with van der Waals surface area (Å²) in [5.41, 5.74) is 4.74. The third kappa shape index (κ3) is 5.66. The monoisotopic (exact) mass is 477 g/mol. The van der Waals surface area contributed by atoms with Crippen LogP contribution in [0.3, 0.4) is 0 Å². The minimum atomic E-state index is -0.532. The molecule has 4 rings (SSSR count). The van der Waals surface area contributed by atoms with E-state index in [-0.39, 0.29) is 24.0 Å². The average molecular weight is 478 g/mol. The van der Waals surface area contributed by atoms with E-state index in [0.717, 1.165) is 42.5 Å². The smallest absolute Gasteiger partial charge is 0.329 e. The molecule has 7 heteroatoms. The number of hydrogen-bond acceptors (Lipinski definition) is 4. The number of likely N-dealkylation sites (tertiary alicyclic amines) is 1. The van der Waals surface area contributed by atoms with Crippen LogP contribution in [0.4, 0.5) is 10.5 Å². The minimum absolute atomic E-state index is 0.00149. The van der Waals surface area contributed by atoms with E-state index in [1.54, 1.807) is 18.7 Å². The lowest BCUT2D eigenvalue weighted by atomic mass is 10.0. The van der Waals surface area contributed by atoms with Crippen LogP contribution in [-0.2, 0) is 22.5 Å². The van der Waals surface area contributed by atoms with Crippen LogP contribution >= 0.6 is 0 Å². The molecule has 0 bridgehead atoms. The van der Waals surface area contributed by atoms with E-state index in [2.05, 4.69) is 11.4 Å². The number of anilines is 1. The molecule has 0 aromatic heterocycles. The van der Waals surface area contributed by atoms with Gasteiger partial charge in [-0.15, -0.1) is 0 Å². The zero-order valence-electron chi connectivity index (χ0n) is 20.9. The van der Waals surface area contributed by atoms with E-state index in [0.29, 0.717) is 31.6 Å². The van der Waals surface area contributed by atoms with Crippen molar-refractivity contribution < 1.29 is 19.1 Å². The maximum Gasteiger partial charge on any atom is 0.329 e. The Bertz CT molecular complexity index is 1100. The largest absolute Gasteiger partial charge is 0.461 e. The van der Waals surface area contributed by atoms with E-state index >= 15 is 0 Å². The highest BCUT2D eigenvalue weighted by atomic mass is 16.5. The summed E-state index contributed by atoms with van der Waals surface area (Å²) in [5, 5.41) is 2.94. The molecular formula is C28H35N3O4. The molecule has 1 saturated heterocycles. The summed E-state index contributed by atoms with van der Waals surface area (Å²) < 4.78 is 5.32. The molecule has 186 valence electrons. The molecule has 2 aliphatic rings. The lowest BCUT2D eigenvalue weighted by molar-refractivity contribution is -0.151. The second-order valence-electron chi connectivity index (χ2n) is 9.68. The highest BCUT2D eigenvalue weighted by molar-refractivity contribution is 6.06. The van der Waals surface area contributed by atoms with Gasteiger partial charge in [-0.3, -0.25) is 4.79 Å². The van der Waals surface area contributed by atoms with Crippen molar-refractivity contribution in [1.29, 1.82) is 0 Å². The normalized spacial score (nSPS) is 17.7. The molecule has 7 nitrogen and oxygen atoms in total. The van der Waals surface area contributed by atoms with Crippen LogP contribution in [0.15, 0.2) is 42.5 Å². The Morgan fingerprint density at radius 3 is 2.63 bits per heavy atom. The van der Waals surface area contributed by atoms with E-state index in [9.17, 15) is 14.4 Å². The van der Waals surface area contributed by atoms with Crippen LogP contribution in [0.5, 0.6) is 0 Å². The van der Waals surface area contributed by atoms with Gasteiger partial charge in [0.25, 0.3) is 5.91 Å². The molecular weight excluding hydrogens is 442 g/mol. The number of urea groups is 1. The number of aryl methyl sites for hydroxylation is 2. The molecule has 1 atom stereocenters. The molecule has 2 aromatic carbocycles. The third-order valence-electron chi connectivity index (χ3n) is 6.76. The topological polar surface area (TPSA) is 79.0 Å². The van der Waals surface area contributed by atoms with Crippen LogP contribution in [-0.4, -0.2) is 48.0 Å². The Morgan fingerprint density at radius 2 is 1.86 bits per heavy atom. The predicted molar refractivity (Wildman–Crippen MR) is 135 cm³/mol. The SMILES string of the molecule is Cc1cc(C(=O)N2CCCCc3ccccc32)ccc1CNC(=O)N1CCC[C@H]1C(=O)OC(C)C. The first kappa shape index (κ1) is 24.8. The van der Waals surface area contributed by atoms with Gasteiger partial charge >= 0.3 is 12.0 Å². The van der Waals surface area contributed by atoms with E-state index in [1.165, 1.54) is 5.56 Å². The molecule has 1 fully saturated rings. The fourth-order valence-electron chi connectivity index (χ4n) is 4.92. The van der Waals surface area contributed by atoms with Crippen molar-refractivity contribution in [3.8, 4) is 0 Å². The summed E-state index contributed by atoms with van der Waals surface area (Å²) in [5.74, 6) is -0.344. The standard InChI is InChI=1S/C28H35N3O4/c1-19(2)35-27(33)25-12-8-16-31(25)28(34)29-18-23-14-13-22(17-20(23)3)26(32)30-15-7-6-10-21-9-4-5-11-24(21)30/h4-5,9,11,13-14,17,19,25H,6-8,10,12,15-16,18H2,1-3H3,(H,29,34)/t25-/m0/s1. The van der Waals surface area contributed by atoms with Crippen molar-refractivity contribution in [1.82, 2.24) is 10.2 Å². The zero-order chi connectivity index (χ0) is 24.9.